The molecular weight excluding hydrogens is 256 g/mol. The van der Waals surface area contributed by atoms with E-state index in [1.165, 1.54) is 12.4 Å². The van der Waals surface area contributed by atoms with Crippen LogP contribution in [0.1, 0.15) is 30.8 Å². The maximum Gasteiger partial charge on any atom is 0.274 e. The van der Waals surface area contributed by atoms with Crippen LogP contribution in [0, 0.1) is 5.92 Å². The van der Waals surface area contributed by atoms with Gasteiger partial charge in [-0.25, -0.2) is 4.98 Å². The first kappa shape index (κ1) is 14.4. The zero-order valence-electron chi connectivity index (χ0n) is 12.0. The summed E-state index contributed by atoms with van der Waals surface area (Å²) < 4.78 is 0. The Balaban J connectivity index is 1.88. The number of rotatable bonds is 3. The molecule has 0 aromatic carbocycles. The van der Waals surface area contributed by atoms with Crippen molar-refractivity contribution in [2.45, 2.75) is 20.3 Å². The Labute approximate surface area is 118 Å². The van der Waals surface area contributed by atoms with Gasteiger partial charge in [-0.3, -0.25) is 14.6 Å². The highest BCUT2D eigenvalue weighted by molar-refractivity contribution is 5.92. The van der Waals surface area contributed by atoms with E-state index in [0.717, 1.165) is 0 Å². The van der Waals surface area contributed by atoms with E-state index in [1.807, 2.05) is 18.7 Å². The number of amides is 2. The van der Waals surface area contributed by atoms with Gasteiger partial charge in [0.25, 0.3) is 5.91 Å². The molecule has 1 aromatic heterocycles. The number of piperazine rings is 1. The maximum atomic E-state index is 12.2. The molecule has 2 heterocycles. The molecule has 1 saturated heterocycles. The fraction of sp³-hybridized carbons (Fsp3) is 0.571. The van der Waals surface area contributed by atoms with Gasteiger partial charge in [0.2, 0.25) is 5.91 Å². The molecule has 0 saturated carbocycles. The lowest BCUT2D eigenvalue weighted by molar-refractivity contribution is -0.133. The largest absolute Gasteiger partial charge is 0.339 e. The summed E-state index contributed by atoms with van der Waals surface area (Å²) in [5.74, 6) is 0.419. The first-order valence-electron chi connectivity index (χ1n) is 6.91. The SMILES string of the molecule is CC(C)CC(=O)N1CCN(C(=O)c2cnccn2)CC1. The summed E-state index contributed by atoms with van der Waals surface area (Å²) in [6.45, 7) is 6.37. The smallest absolute Gasteiger partial charge is 0.274 e. The molecule has 1 fully saturated rings. The van der Waals surface area contributed by atoms with E-state index in [-0.39, 0.29) is 11.8 Å². The van der Waals surface area contributed by atoms with Crippen molar-refractivity contribution in [3.05, 3.63) is 24.3 Å². The van der Waals surface area contributed by atoms with Crippen LogP contribution in [0.25, 0.3) is 0 Å². The highest BCUT2D eigenvalue weighted by Crippen LogP contribution is 2.10. The molecule has 2 amide bonds. The lowest BCUT2D eigenvalue weighted by atomic mass is 10.1. The lowest BCUT2D eigenvalue weighted by Gasteiger charge is -2.34. The van der Waals surface area contributed by atoms with Gasteiger partial charge in [-0.15, -0.1) is 0 Å². The molecule has 0 unspecified atom stereocenters. The minimum absolute atomic E-state index is 0.117. The molecular formula is C14H20N4O2. The third-order valence-corrected chi connectivity index (χ3v) is 3.28. The fourth-order valence-corrected chi connectivity index (χ4v) is 2.21. The van der Waals surface area contributed by atoms with Gasteiger partial charge in [0.05, 0.1) is 6.20 Å². The molecule has 20 heavy (non-hydrogen) atoms. The van der Waals surface area contributed by atoms with E-state index >= 15 is 0 Å². The summed E-state index contributed by atoms with van der Waals surface area (Å²) in [6.07, 6.45) is 5.09. The number of carbonyl (C=O) groups is 2. The van der Waals surface area contributed by atoms with Gasteiger partial charge in [0.1, 0.15) is 5.69 Å². The Morgan fingerprint density at radius 1 is 1.15 bits per heavy atom. The summed E-state index contributed by atoms with van der Waals surface area (Å²) in [4.78, 5) is 35.6. The van der Waals surface area contributed by atoms with E-state index in [1.54, 1.807) is 11.1 Å². The normalized spacial score (nSPS) is 15.6. The van der Waals surface area contributed by atoms with Gasteiger partial charge in [0.15, 0.2) is 0 Å². The minimum Gasteiger partial charge on any atom is -0.339 e. The van der Waals surface area contributed by atoms with Crippen molar-refractivity contribution >= 4 is 11.8 Å². The summed E-state index contributed by atoms with van der Waals surface area (Å²) in [7, 11) is 0. The van der Waals surface area contributed by atoms with Gasteiger partial charge < -0.3 is 9.80 Å². The summed E-state index contributed by atoms with van der Waals surface area (Å²) in [5, 5.41) is 0. The molecule has 1 aromatic rings. The quantitative estimate of drug-likeness (QED) is 0.819. The average molecular weight is 276 g/mol. The van der Waals surface area contributed by atoms with Crippen LogP contribution in [-0.4, -0.2) is 57.8 Å². The third-order valence-electron chi connectivity index (χ3n) is 3.28. The Bertz CT molecular complexity index is 467. The molecule has 0 spiro atoms. The predicted octanol–water partition coefficient (Wildman–Crippen LogP) is 0.807. The lowest BCUT2D eigenvalue weighted by Crippen LogP contribution is -2.50. The van der Waals surface area contributed by atoms with Crippen LogP contribution in [0.2, 0.25) is 0 Å². The Hall–Kier alpha value is -1.98. The van der Waals surface area contributed by atoms with E-state index in [2.05, 4.69) is 9.97 Å². The zero-order chi connectivity index (χ0) is 14.5. The first-order valence-corrected chi connectivity index (χ1v) is 6.91. The topological polar surface area (TPSA) is 66.4 Å². The Morgan fingerprint density at radius 2 is 1.80 bits per heavy atom. The second kappa shape index (κ2) is 6.45. The van der Waals surface area contributed by atoms with Gasteiger partial charge in [0, 0.05) is 45.0 Å². The van der Waals surface area contributed by atoms with Crippen molar-refractivity contribution in [1.29, 1.82) is 0 Å². The number of hydrogen-bond acceptors (Lipinski definition) is 4. The Morgan fingerprint density at radius 3 is 2.35 bits per heavy atom. The Kier molecular flexibility index (Phi) is 4.65. The zero-order valence-corrected chi connectivity index (χ0v) is 12.0. The fourth-order valence-electron chi connectivity index (χ4n) is 2.21. The monoisotopic (exact) mass is 276 g/mol. The van der Waals surface area contributed by atoms with E-state index in [4.69, 9.17) is 0 Å². The number of hydrogen-bond donors (Lipinski definition) is 0. The molecule has 0 N–H and O–H groups in total. The highest BCUT2D eigenvalue weighted by Gasteiger charge is 2.25. The van der Waals surface area contributed by atoms with Crippen LogP contribution < -0.4 is 0 Å². The van der Waals surface area contributed by atoms with E-state index in [0.29, 0.717) is 44.2 Å². The summed E-state index contributed by atoms with van der Waals surface area (Å²) in [6, 6.07) is 0. The molecule has 6 heteroatoms. The number of carbonyl (C=O) groups excluding carboxylic acids is 2. The standard InChI is InChI=1S/C14H20N4O2/c1-11(2)9-13(19)17-5-7-18(8-6-17)14(20)12-10-15-3-4-16-12/h3-4,10-11H,5-9H2,1-2H3. The van der Waals surface area contributed by atoms with Crippen molar-refractivity contribution in [1.82, 2.24) is 19.8 Å². The molecule has 0 aliphatic carbocycles. The molecule has 0 atom stereocenters. The van der Waals surface area contributed by atoms with E-state index < -0.39 is 0 Å². The van der Waals surface area contributed by atoms with Gasteiger partial charge in [-0.05, 0) is 5.92 Å². The predicted molar refractivity (Wildman–Crippen MR) is 74.0 cm³/mol. The van der Waals surface area contributed by atoms with Crippen molar-refractivity contribution in [3.8, 4) is 0 Å². The van der Waals surface area contributed by atoms with Gasteiger partial charge in [-0.1, -0.05) is 13.8 Å². The summed E-state index contributed by atoms with van der Waals surface area (Å²) in [5.41, 5.74) is 0.356. The van der Waals surface area contributed by atoms with Crippen molar-refractivity contribution in [2.75, 3.05) is 26.2 Å². The third kappa shape index (κ3) is 3.53. The van der Waals surface area contributed by atoms with Crippen molar-refractivity contribution < 1.29 is 9.59 Å². The van der Waals surface area contributed by atoms with Crippen LogP contribution in [0.5, 0.6) is 0 Å². The van der Waals surface area contributed by atoms with Crippen LogP contribution in [-0.2, 0) is 4.79 Å². The molecule has 1 aliphatic rings. The molecule has 2 rings (SSSR count). The highest BCUT2D eigenvalue weighted by atomic mass is 16.2. The summed E-state index contributed by atoms with van der Waals surface area (Å²) >= 11 is 0. The minimum atomic E-state index is -0.117. The second-order valence-electron chi connectivity index (χ2n) is 5.36. The first-order chi connectivity index (χ1) is 9.58. The molecule has 1 aliphatic heterocycles. The number of aromatic nitrogens is 2. The van der Waals surface area contributed by atoms with Crippen LogP contribution in [0.15, 0.2) is 18.6 Å². The van der Waals surface area contributed by atoms with Gasteiger partial charge >= 0.3 is 0 Å². The van der Waals surface area contributed by atoms with Crippen LogP contribution in [0.3, 0.4) is 0 Å². The molecule has 6 nitrogen and oxygen atoms in total. The van der Waals surface area contributed by atoms with E-state index in [9.17, 15) is 9.59 Å². The van der Waals surface area contributed by atoms with Crippen molar-refractivity contribution in [2.24, 2.45) is 5.92 Å². The van der Waals surface area contributed by atoms with Gasteiger partial charge in [-0.2, -0.15) is 0 Å². The van der Waals surface area contributed by atoms with Crippen molar-refractivity contribution in [3.63, 3.8) is 0 Å². The van der Waals surface area contributed by atoms with Crippen LogP contribution >= 0.6 is 0 Å². The molecule has 108 valence electrons. The average Bonchev–Trinajstić information content (AvgIpc) is 2.47. The maximum absolute atomic E-state index is 12.2. The molecule has 0 bridgehead atoms. The van der Waals surface area contributed by atoms with Crippen LogP contribution in [0.4, 0.5) is 0 Å². The molecule has 0 radical (unpaired) electrons. The number of nitrogens with zero attached hydrogens (tertiary/aromatic N) is 4. The second-order valence-corrected chi connectivity index (χ2v) is 5.36.